The Hall–Kier alpha value is -1.38. The molecule has 1 N–H and O–H groups in total. The van der Waals surface area contributed by atoms with Gasteiger partial charge in [-0.1, -0.05) is 12.1 Å². The number of nitrogens with one attached hydrogen (secondary N) is 1. The molecule has 0 saturated carbocycles. The van der Waals surface area contributed by atoms with Crippen LogP contribution in [0.3, 0.4) is 0 Å². The van der Waals surface area contributed by atoms with Crippen LogP contribution in [0.5, 0.6) is 0 Å². The number of nitrogens with zero attached hydrogens (tertiary/aromatic N) is 2. The smallest absolute Gasteiger partial charge is 0.238 e. The topological polar surface area (TPSA) is 56.1 Å². The molecule has 0 radical (unpaired) electrons. The number of carbonyl (C=O) groups excluding carboxylic acids is 1. The molecule has 1 aliphatic rings. The maximum absolute atomic E-state index is 11.9. The van der Waals surface area contributed by atoms with Gasteiger partial charge in [-0.25, -0.2) is 0 Å². The number of rotatable bonds is 3. The van der Waals surface area contributed by atoms with Crippen LogP contribution < -0.4 is 5.32 Å². The highest BCUT2D eigenvalue weighted by atomic mass is 79.9. The fourth-order valence-corrected chi connectivity index (χ4v) is 2.48. The normalized spacial score (nSPS) is 19.4. The van der Waals surface area contributed by atoms with E-state index in [2.05, 4.69) is 27.3 Å². The van der Waals surface area contributed by atoms with Crippen molar-refractivity contribution >= 4 is 27.5 Å². The van der Waals surface area contributed by atoms with Gasteiger partial charge in [0.05, 0.1) is 24.3 Å². The first-order chi connectivity index (χ1) is 8.70. The third-order valence-corrected chi connectivity index (χ3v) is 3.70. The minimum Gasteiger partial charge on any atom is -0.324 e. The number of likely N-dealkylation sites (tertiary alicyclic amines) is 1. The van der Waals surface area contributed by atoms with E-state index in [1.165, 1.54) is 0 Å². The monoisotopic (exact) mass is 307 g/mol. The SMILES string of the molecule is N#CC1CCCN1CC(=O)Nc1ccccc1Br. The van der Waals surface area contributed by atoms with Gasteiger partial charge in [-0.05, 0) is 40.9 Å². The Morgan fingerprint density at radius 3 is 3.06 bits per heavy atom. The lowest BCUT2D eigenvalue weighted by Crippen LogP contribution is -2.36. The summed E-state index contributed by atoms with van der Waals surface area (Å²) in [6.07, 6.45) is 1.85. The lowest BCUT2D eigenvalue weighted by Gasteiger charge is -2.18. The Balaban J connectivity index is 1.94. The molecule has 1 atom stereocenters. The highest BCUT2D eigenvalue weighted by Gasteiger charge is 2.25. The summed E-state index contributed by atoms with van der Waals surface area (Å²) >= 11 is 3.38. The van der Waals surface area contributed by atoms with Crippen molar-refractivity contribution in [3.63, 3.8) is 0 Å². The van der Waals surface area contributed by atoms with E-state index in [1.54, 1.807) is 0 Å². The summed E-state index contributed by atoms with van der Waals surface area (Å²) in [6, 6.07) is 9.60. The molecule has 0 spiro atoms. The number of nitriles is 1. The maximum Gasteiger partial charge on any atom is 0.238 e. The Morgan fingerprint density at radius 1 is 1.56 bits per heavy atom. The van der Waals surface area contributed by atoms with Crippen molar-refractivity contribution in [2.75, 3.05) is 18.4 Å². The van der Waals surface area contributed by atoms with Crippen molar-refractivity contribution in [3.05, 3.63) is 28.7 Å². The first kappa shape index (κ1) is 13.1. The van der Waals surface area contributed by atoms with Crippen LogP contribution in [0.1, 0.15) is 12.8 Å². The molecule has 1 heterocycles. The molecule has 0 aliphatic carbocycles. The summed E-state index contributed by atoms with van der Waals surface area (Å²) in [5.41, 5.74) is 0.759. The zero-order valence-electron chi connectivity index (χ0n) is 9.90. The number of hydrogen-bond donors (Lipinski definition) is 1. The second-order valence-corrected chi connectivity index (χ2v) is 5.14. The molecule has 1 amide bonds. The standard InChI is InChI=1S/C13H14BrN3O/c14-11-5-1-2-6-12(11)16-13(18)9-17-7-3-4-10(17)8-15/h1-2,5-6,10H,3-4,7,9H2,(H,16,18). The summed E-state index contributed by atoms with van der Waals surface area (Å²) < 4.78 is 0.858. The number of amides is 1. The van der Waals surface area contributed by atoms with Gasteiger partial charge in [0.25, 0.3) is 0 Å². The van der Waals surface area contributed by atoms with Crippen LogP contribution in [0, 0.1) is 11.3 Å². The Labute approximate surface area is 115 Å². The van der Waals surface area contributed by atoms with Gasteiger partial charge in [0, 0.05) is 11.0 Å². The molecule has 1 aliphatic heterocycles. The van der Waals surface area contributed by atoms with Crippen molar-refractivity contribution in [1.82, 2.24) is 4.90 Å². The fourth-order valence-electron chi connectivity index (χ4n) is 2.10. The number of benzene rings is 1. The molecule has 4 nitrogen and oxygen atoms in total. The summed E-state index contributed by atoms with van der Waals surface area (Å²) in [7, 11) is 0. The molecule has 1 fully saturated rings. The van der Waals surface area contributed by atoms with Gasteiger partial charge in [-0.15, -0.1) is 0 Å². The van der Waals surface area contributed by atoms with Crippen LogP contribution >= 0.6 is 15.9 Å². The van der Waals surface area contributed by atoms with Crippen LogP contribution in [0.4, 0.5) is 5.69 Å². The van der Waals surface area contributed by atoms with Crippen molar-refractivity contribution in [2.24, 2.45) is 0 Å². The molecule has 2 rings (SSSR count). The third-order valence-electron chi connectivity index (χ3n) is 3.01. The van der Waals surface area contributed by atoms with E-state index >= 15 is 0 Å². The summed E-state index contributed by atoms with van der Waals surface area (Å²) in [6.45, 7) is 1.10. The van der Waals surface area contributed by atoms with E-state index in [4.69, 9.17) is 5.26 Å². The Kier molecular flexibility index (Phi) is 4.34. The highest BCUT2D eigenvalue weighted by Crippen LogP contribution is 2.21. The zero-order valence-corrected chi connectivity index (χ0v) is 11.5. The van der Waals surface area contributed by atoms with Gasteiger partial charge in [0.15, 0.2) is 0 Å². The maximum atomic E-state index is 11.9. The molecule has 1 aromatic rings. The molecule has 94 valence electrons. The second-order valence-electron chi connectivity index (χ2n) is 4.29. The number of para-hydroxylation sites is 1. The summed E-state index contributed by atoms with van der Waals surface area (Å²) in [5, 5.41) is 11.8. The number of anilines is 1. The molecule has 1 unspecified atom stereocenters. The minimum absolute atomic E-state index is 0.0796. The predicted molar refractivity (Wildman–Crippen MR) is 73.0 cm³/mol. The van der Waals surface area contributed by atoms with Crippen LogP contribution in [-0.4, -0.2) is 29.9 Å². The van der Waals surface area contributed by atoms with Crippen molar-refractivity contribution in [3.8, 4) is 6.07 Å². The summed E-state index contributed by atoms with van der Waals surface area (Å²) in [4.78, 5) is 13.8. The molecule has 0 bridgehead atoms. The van der Waals surface area contributed by atoms with Crippen molar-refractivity contribution < 1.29 is 4.79 Å². The highest BCUT2D eigenvalue weighted by molar-refractivity contribution is 9.10. The van der Waals surface area contributed by atoms with Gasteiger partial charge < -0.3 is 5.32 Å². The lowest BCUT2D eigenvalue weighted by atomic mass is 10.2. The molecular formula is C13H14BrN3O. The number of carbonyl (C=O) groups is 1. The van der Waals surface area contributed by atoms with Crippen molar-refractivity contribution in [2.45, 2.75) is 18.9 Å². The first-order valence-electron chi connectivity index (χ1n) is 5.89. The van der Waals surface area contributed by atoms with E-state index in [0.717, 1.165) is 29.5 Å². The van der Waals surface area contributed by atoms with Crippen molar-refractivity contribution in [1.29, 1.82) is 5.26 Å². The quantitative estimate of drug-likeness (QED) is 0.933. The fraction of sp³-hybridized carbons (Fsp3) is 0.385. The third kappa shape index (κ3) is 3.09. The number of hydrogen-bond acceptors (Lipinski definition) is 3. The van der Waals surface area contributed by atoms with Gasteiger partial charge in [0.2, 0.25) is 5.91 Å². The molecule has 5 heteroatoms. The second kappa shape index (κ2) is 5.98. The molecule has 18 heavy (non-hydrogen) atoms. The average molecular weight is 308 g/mol. The van der Waals surface area contributed by atoms with Crippen LogP contribution in [0.25, 0.3) is 0 Å². The summed E-state index contributed by atoms with van der Waals surface area (Å²) in [5.74, 6) is -0.0796. The van der Waals surface area contributed by atoms with Crippen LogP contribution in [0.15, 0.2) is 28.7 Å². The Morgan fingerprint density at radius 2 is 2.33 bits per heavy atom. The lowest BCUT2D eigenvalue weighted by molar-refractivity contribution is -0.117. The Bertz CT molecular complexity index is 483. The van der Waals surface area contributed by atoms with E-state index in [1.807, 2.05) is 29.2 Å². The molecule has 1 aromatic carbocycles. The van der Waals surface area contributed by atoms with Crippen LogP contribution in [-0.2, 0) is 4.79 Å². The van der Waals surface area contributed by atoms with Gasteiger partial charge in [0.1, 0.15) is 0 Å². The van der Waals surface area contributed by atoms with E-state index in [-0.39, 0.29) is 18.5 Å². The van der Waals surface area contributed by atoms with E-state index in [0.29, 0.717) is 0 Å². The molecule has 0 aromatic heterocycles. The largest absolute Gasteiger partial charge is 0.324 e. The van der Waals surface area contributed by atoms with Gasteiger partial charge in [-0.2, -0.15) is 5.26 Å². The molecule has 1 saturated heterocycles. The first-order valence-corrected chi connectivity index (χ1v) is 6.68. The average Bonchev–Trinajstić information content (AvgIpc) is 2.79. The number of halogens is 1. The zero-order chi connectivity index (χ0) is 13.0. The molecular weight excluding hydrogens is 294 g/mol. The van der Waals surface area contributed by atoms with E-state index in [9.17, 15) is 4.79 Å². The predicted octanol–water partition coefficient (Wildman–Crippen LogP) is 2.38. The van der Waals surface area contributed by atoms with Gasteiger partial charge in [-0.3, -0.25) is 9.69 Å². The minimum atomic E-state index is -0.116. The van der Waals surface area contributed by atoms with Gasteiger partial charge >= 0.3 is 0 Å². The van der Waals surface area contributed by atoms with Crippen LogP contribution in [0.2, 0.25) is 0 Å². The van der Waals surface area contributed by atoms with E-state index < -0.39 is 0 Å².